The number of hydrogen-bond acceptors (Lipinski definition) is 5. The van der Waals surface area contributed by atoms with Crippen LogP contribution >= 0.6 is 15.9 Å². The fraction of sp³-hybridized carbons (Fsp3) is 0.640. The highest BCUT2D eigenvalue weighted by Crippen LogP contribution is 2.25. The molecule has 0 radical (unpaired) electrons. The summed E-state index contributed by atoms with van der Waals surface area (Å²) in [5.74, 6) is -1.19. The largest absolute Gasteiger partial charge is 0.463 e. The van der Waals surface area contributed by atoms with Crippen LogP contribution in [0.5, 0.6) is 0 Å². The van der Waals surface area contributed by atoms with Crippen molar-refractivity contribution < 1.29 is 23.9 Å². The van der Waals surface area contributed by atoms with E-state index < -0.39 is 17.5 Å². The molecule has 0 fully saturated rings. The molecule has 1 aromatic carbocycles. The average Bonchev–Trinajstić information content (AvgIpc) is 2.72. The van der Waals surface area contributed by atoms with Crippen molar-refractivity contribution in [1.29, 1.82) is 0 Å². The van der Waals surface area contributed by atoms with Gasteiger partial charge in [0.25, 0.3) is 0 Å². The van der Waals surface area contributed by atoms with Crippen LogP contribution in [0.25, 0.3) is 0 Å². The molecule has 1 N–H and O–H groups in total. The van der Waals surface area contributed by atoms with Crippen LogP contribution in [0.4, 0.5) is 0 Å². The smallest absolute Gasteiger partial charge is 0.302 e. The van der Waals surface area contributed by atoms with Crippen LogP contribution < -0.4 is 5.32 Å². The molecule has 0 aliphatic heterocycles. The Labute approximate surface area is 200 Å². The number of amides is 1. The van der Waals surface area contributed by atoms with E-state index in [2.05, 4.69) is 46.4 Å². The minimum absolute atomic E-state index is 0.0665. The third kappa shape index (κ3) is 11.7. The Morgan fingerprint density at radius 3 is 2.03 bits per heavy atom. The normalized spacial score (nSPS) is 11.2. The Balaban J connectivity index is 2.80. The summed E-state index contributed by atoms with van der Waals surface area (Å²) in [5.41, 5.74) is 1.39. The lowest BCUT2D eigenvalue weighted by Crippen LogP contribution is -2.55. The van der Waals surface area contributed by atoms with Gasteiger partial charge >= 0.3 is 11.9 Å². The molecule has 0 aromatic heterocycles. The molecule has 32 heavy (non-hydrogen) atoms. The fourth-order valence-electron chi connectivity index (χ4n) is 3.61. The van der Waals surface area contributed by atoms with E-state index in [0.29, 0.717) is 12.8 Å². The van der Waals surface area contributed by atoms with Crippen molar-refractivity contribution in [3.8, 4) is 0 Å². The summed E-state index contributed by atoms with van der Waals surface area (Å²) in [6, 6.07) is 6.39. The summed E-state index contributed by atoms with van der Waals surface area (Å²) in [6.07, 6.45) is 9.74. The molecule has 0 bridgehead atoms. The highest BCUT2D eigenvalue weighted by Gasteiger charge is 2.34. The van der Waals surface area contributed by atoms with Gasteiger partial charge in [-0.15, -0.1) is 0 Å². The molecule has 1 rings (SSSR count). The molecule has 0 heterocycles. The number of halogens is 1. The van der Waals surface area contributed by atoms with Gasteiger partial charge in [-0.3, -0.25) is 14.4 Å². The van der Waals surface area contributed by atoms with Gasteiger partial charge in [0.2, 0.25) is 5.91 Å². The highest BCUT2D eigenvalue weighted by molar-refractivity contribution is 9.10. The predicted molar refractivity (Wildman–Crippen MR) is 129 cm³/mol. The van der Waals surface area contributed by atoms with Crippen molar-refractivity contribution in [3.63, 3.8) is 0 Å². The van der Waals surface area contributed by atoms with Gasteiger partial charge in [0, 0.05) is 25.2 Å². The van der Waals surface area contributed by atoms with Gasteiger partial charge in [-0.25, -0.2) is 0 Å². The maximum absolute atomic E-state index is 11.9. The number of unbranched alkanes of at least 4 members (excludes halogenated alkanes) is 5. The summed E-state index contributed by atoms with van der Waals surface area (Å²) in [6.45, 7) is 6.11. The molecule has 0 aliphatic carbocycles. The van der Waals surface area contributed by atoms with E-state index in [9.17, 15) is 14.4 Å². The second-order valence-corrected chi connectivity index (χ2v) is 9.32. The number of ether oxygens (including phenoxy) is 2. The second-order valence-electron chi connectivity index (χ2n) is 8.47. The van der Waals surface area contributed by atoms with Crippen molar-refractivity contribution in [2.24, 2.45) is 0 Å². The predicted octanol–water partition coefficient (Wildman–Crippen LogP) is 5.29. The van der Waals surface area contributed by atoms with Crippen LogP contribution in [0, 0.1) is 0 Å². The minimum Gasteiger partial charge on any atom is -0.463 e. The van der Waals surface area contributed by atoms with Gasteiger partial charge in [0.15, 0.2) is 0 Å². The van der Waals surface area contributed by atoms with E-state index in [-0.39, 0.29) is 19.1 Å². The van der Waals surface area contributed by atoms with E-state index in [4.69, 9.17) is 9.47 Å². The van der Waals surface area contributed by atoms with Gasteiger partial charge in [-0.2, -0.15) is 0 Å². The van der Waals surface area contributed by atoms with Crippen LogP contribution in [0.1, 0.15) is 83.8 Å². The first-order valence-electron chi connectivity index (χ1n) is 11.5. The monoisotopic (exact) mass is 511 g/mol. The van der Waals surface area contributed by atoms with Gasteiger partial charge < -0.3 is 14.8 Å². The van der Waals surface area contributed by atoms with E-state index in [1.807, 2.05) is 0 Å². The lowest BCUT2D eigenvalue weighted by atomic mass is 9.91. The molecule has 0 aliphatic rings. The lowest BCUT2D eigenvalue weighted by molar-refractivity contribution is -0.150. The number of rotatable bonds is 15. The lowest BCUT2D eigenvalue weighted by Gasteiger charge is -2.33. The topological polar surface area (TPSA) is 81.7 Å². The van der Waals surface area contributed by atoms with Crippen molar-refractivity contribution in [1.82, 2.24) is 5.32 Å². The maximum Gasteiger partial charge on any atom is 0.302 e. The maximum atomic E-state index is 11.9. The Hall–Kier alpha value is -1.89. The number of carbonyl (C=O) groups excluding carboxylic acids is 3. The third-order valence-electron chi connectivity index (χ3n) is 5.35. The van der Waals surface area contributed by atoms with E-state index in [0.717, 1.165) is 16.5 Å². The molecule has 1 aromatic rings. The van der Waals surface area contributed by atoms with Crippen LogP contribution in [0.15, 0.2) is 22.7 Å². The summed E-state index contributed by atoms with van der Waals surface area (Å²) >= 11 is 3.68. The molecule has 7 heteroatoms. The van der Waals surface area contributed by atoms with Crippen molar-refractivity contribution in [2.75, 3.05) is 13.2 Å². The summed E-state index contributed by atoms with van der Waals surface area (Å²) < 4.78 is 11.4. The van der Waals surface area contributed by atoms with Crippen LogP contribution in [0.3, 0.4) is 0 Å². The molecule has 0 spiro atoms. The molecule has 0 atom stereocenters. The van der Waals surface area contributed by atoms with Gasteiger partial charge in [-0.05, 0) is 42.9 Å². The SMILES string of the molecule is CCCCCCCCc1ccc(CCC(COC(C)=O)(COC(C)=O)NC(C)=O)c(Br)c1. The molecule has 0 unspecified atom stereocenters. The minimum atomic E-state index is -0.986. The van der Waals surface area contributed by atoms with Crippen LogP contribution in [0.2, 0.25) is 0 Å². The molecule has 6 nitrogen and oxygen atoms in total. The summed E-state index contributed by atoms with van der Waals surface area (Å²) in [4.78, 5) is 34.6. The molecule has 180 valence electrons. The summed E-state index contributed by atoms with van der Waals surface area (Å²) in [5, 5.41) is 2.85. The van der Waals surface area contributed by atoms with Crippen molar-refractivity contribution in [3.05, 3.63) is 33.8 Å². The van der Waals surface area contributed by atoms with Gasteiger partial charge in [0.05, 0.1) is 0 Å². The Morgan fingerprint density at radius 1 is 0.906 bits per heavy atom. The Bertz CT molecular complexity index is 732. The van der Waals surface area contributed by atoms with Gasteiger partial charge in [0.1, 0.15) is 18.8 Å². The molecule has 1 amide bonds. The highest BCUT2D eigenvalue weighted by atomic mass is 79.9. The molecule has 0 saturated carbocycles. The van der Waals surface area contributed by atoms with E-state index in [1.54, 1.807) is 0 Å². The zero-order valence-electron chi connectivity index (χ0n) is 19.9. The molecule has 0 saturated heterocycles. The number of carbonyl (C=O) groups is 3. The van der Waals surface area contributed by atoms with E-state index in [1.165, 1.54) is 64.9 Å². The summed E-state index contributed by atoms with van der Waals surface area (Å²) in [7, 11) is 0. The first kappa shape index (κ1) is 28.1. The number of benzene rings is 1. The zero-order chi connectivity index (χ0) is 24.0. The van der Waals surface area contributed by atoms with Crippen LogP contribution in [-0.4, -0.2) is 36.6 Å². The van der Waals surface area contributed by atoms with Crippen LogP contribution in [-0.2, 0) is 36.7 Å². The first-order valence-corrected chi connectivity index (χ1v) is 12.3. The average molecular weight is 512 g/mol. The number of nitrogens with one attached hydrogen (secondary N) is 1. The quantitative estimate of drug-likeness (QED) is 0.255. The number of esters is 2. The van der Waals surface area contributed by atoms with Gasteiger partial charge in [-0.1, -0.05) is 67.1 Å². The van der Waals surface area contributed by atoms with Crippen molar-refractivity contribution >= 4 is 33.8 Å². The fourth-order valence-corrected chi connectivity index (χ4v) is 4.23. The third-order valence-corrected chi connectivity index (χ3v) is 6.09. The first-order chi connectivity index (χ1) is 15.2. The standard InChI is InChI=1S/C25H38BrNO5/c1-5-6-7-8-9-10-11-22-12-13-23(24(26)16-22)14-15-25(27-19(2)28,17-31-20(3)29)18-32-21(4)30/h12-13,16H,5-11,14-15,17-18H2,1-4H3,(H,27,28). The molecular weight excluding hydrogens is 474 g/mol. The Morgan fingerprint density at radius 2 is 1.50 bits per heavy atom. The second kappa shape index (κ2) is 15.0. The Kier molecular flexibility index (Phi) is 13.2. The molecular formula is C25H38BrNO5. The zero-order valence-corrected chi connectivity index (χ0v) is 21.5. The van der Waals surface area contributed by atoms with E-state index >= 15 is 0 Å². The number of aryl methyl sites for hydroxylation is 2. The van der Waals surface area contributed by atoms with Crippen molar-refractivity contribution in [2.45, 2.75) is 91.0 Å². The number of hydrogen-bond donors (Lipinski definition) is 1.